The van der Waals surface area contributed by atoms with Crippen LogP contribution < -0.4 is 15.4 Å². The van der Waals surface area contributed by atoms with Gasteiger partial charge in [-0.2, -0.15) is 0 Å². The molecule has 0 heterocycles. The van der Waals surface area contributed by atoms with E-state index in [9.17, 15) is 4.39 Å². The van der Waals surface area contributed by atoms with E-state index in [1.807, 2.05) is 0 Å². The maximum absolute atomic E-state index is 12.7. The summed E-state index contributed by atoms with van der Waals surface area (Å²) in [6.45, 7) is 4.39. The summed E-state index contributed by atoms with van der Waals surface area (Å²) in [5.74, 6) is 1.25. The second-order valence-corrected chi connectivity index (χ2v) is 4.08. The van der Waals surface area contributed by atoms with Crippen LogP contribution in [0.25, 0.3) is 0 Å². The molecule has 0 radical (unpaired) electrons. The van der Waals surface area contributed by atoms with E-state index in [4.69, 9.17) is 4.74 Å². The van der Waals surface area contributed by atoms with Crippen molar-refractivity contribution in [1.82, 2.24) is 10.6 Å². The molecule has 1 rings (SSSR count). The maximum atomic E-state index is 12.7. The third kappa shape index (κ3) is 6.64. The molecule has 0 saturated heterocycles. The Kier molecular flexibility index (Phi) is 7.39. The number of aliphatic imine (C=N–C) groups is 1. The van der Waals surface area contributed by atoms with Crippen LogP contribution in [0.4, 0.5) is 4.39 Å². The molecule has 106 valence electrons. The Labute approximate surface area is 114 Å². The van der Waals surface area contributed by atoms with E-state index in [1.165, 1.54) is 12.1 Å². The van der Waals surface area contributed by atoms with Crippen molar-refractivity contribution in [2.24, 2.45) is 4.99 Å². The van der Waals surface area contributed by atoms with Crippen LogP contribution in [-0.2, 0) is 0 Å². The van der Waals surface area contributed by atoms with Crippen LogP contribution >= 0.6 is 0 Å². The lowest BCUT2D eigenvalue weighted by atomic mass is 10.3. The molecule has 0 bridgehead atoms. The SMILES string of the molecule is CCCNC(=NC)NCCCOc1ccc(F)cc1. The molecule has 0 aliphatic heterocycles. The summed E-state index contributed by atoms with van der Waals surface area (Å²) in [6, 6.07) is 6.04. The number of hydrogen-bond donors (Lipinski definition) is 2. The van der Waals surface area contributed by atoms with Crippen LogP contribution in [0, 0.1) is 5.82 Å². The number of benzene rings is 1. The monoisotopic (exact) mass is 267 g/mol. The van der Waals surface area contributed by atoms with Gasteiger partial charge < -0.3 is 15.4 Å². The normalized spacial score (nSPS) is 11.2. The highest BCUT2D eigenvalue weighted by atomic mass is 19.1. The number of halogens is 1. The largest absolute Gasteiger partial charge is 0.494 e. The average Bonchev–Trinajstić information content (AvgIpc) is 2.44. The van der Waals surface area contributed by atoms with Crippen LogP contribution in [0.3, 0.4) is 0 Å². The molecule has 5 heteroatoms. The van der Waals surface area contributed by atoms with Gasteiger partial charge in [0.15, 0.2) is 5.96 Å². The fraction of sp³-hybridized carbons (Fsp3) is 0.500. The molecular formula is C14H22FN3O. The Bertz CT molecular complexity index is 379. The van der Waals surface area contributed by atoms with Gasteiger partial charge in [-0.25, -0.2) is 4.39 Å². The van der Waals surface area contributed by atoms with Gasteiger partial charge in [0.2, 0.25) is 0 Å². The zero-order chi connectivity index (χ0) is 13.9. The molecule has 2 N–H and O–H groups in total. The van der Waals surface area contributed by atoms with Gasteiger partial charge in [0.1, 0.15) is 11.6 Å². The first-order valence-electron chi connectivity index (χ1n) is 6.59. The van der Waals surface area contributed by atoms with E-state index < -0.39 is 0 Å². The highest BCUT2D eigenvalue weighted by molar-refractivity contribution is 5.79. The molecule has 0 aliphatic rings. The van der Waals surface area contributed by atoms with Crippen molar-refractivity contribution < 1.29 is 9.13 Å². The Morgan fingerprint density at radius 3 is 2.53 bits per heavy atom. The van der Waals surface area contributed by atoms with E-state index in [0.29, 0.717) is 12.4 Å². The van der Waals surface area contributed by atoms with E-state index in [1.54, 1.807) is 19.2 Å². The zero-order valence-corrected chi connectivity index (χ0v) is 11.6. The highest BCUT2D eigenvalue weighted by Crippen LogP contribution is 2.10. The summed E-state index contributed by atoms with van der Waals surface area (Å²) in [4.78, 5) is 4.10. The van der Waals surface area contributed by atoms with E-state index in [0.717, 1.165) is 31.9 Å². The Morgan fingerprint density at radius 1 is 1.21 bits per heavy atom. The molecular weight excluding hydrogens is 245 g/mol. The highest BCUT2D eigenvalue weighted by Gasteiger charge is 1.97. The lowest BCUT2D eigenvalue weighted by Crippen LogP contribution is -2.38. The van der Waals surface area contributed by atoms with Gasteiger partial charge in [0, 0.05) is 20.1 Å². The van der Waals surface area contributed by atoms with E-state index in [-0.39, 0.29) is 5.82 Å². The second kappa shape index (κ2) is 9.19. The summed E-state index contributed by atoms with van der Waals surface area (Å²) >= 11 is 0. The predicted octanol–water partition coefficient (Wildman–Crippen LogP) is 2.17. The van der Waals surface area contributed by atoms with Gasteiger partial charge in [-0.15, -0.1) is 0 Å². The summed E-state index contributed by atoms with van der Waals surface area (Å²) in [5.41, 5.74) is 0. The lowest BCUT2D eigenvalue weighted by molar-refractivity contribution is 0.310. The fourth-order valence-corrected chi connectivity index (χ4v) is 1.46. The minimum Gasteiger partial charge on any atom is -0.494 e. The van der Waals surface area contributed by atoms with Gasteiger partial charge in [-0.3, -0.25) is 4.99 Å². The number of hydrogen-bond acceptors (Lipinski definition) is 2. The van der Waals surface area contributed by atoms with Gasteiger partial charge in [0.25, 0.3) is 0 Å². The minimum atomic E-state index is -0.250. The Hall–Kier alpha value is -1.78. The lowest BCUT2D eigenvalue weighted by Gasteiger charge is -2.11. The molecule has 0 fully saturated rings. The molecule has 0 amide bonds. The van der Waals surface area contributed by atoms with Crippen LogP contribution in [0.5, 0.6) is 5.75 Å². The molecule has 0 aliphatic carbocycles. The fourth-order valence-electron chi connectivity index (χ4n) is 1.46. The third-order valence-corrected chi connectivity index (χ3v) is 2.46. The molecule has 0 spiro atoms. The van der Waals surface area contributed by atoms with Crippen LogP contribution in [0.2, 0.25) is 0 Å². The zero-order valence-electron chi connectivity index (χ0n) is 11.6. The predicted molar refractivity (Wildman–Crippen MR) is 76.2 cm³/mol. The van der Waals surface area contributed by atoms with Crippen molar-refractivity contribution >= 4 is 5.96 Å². The first-order chi connectivity index (χ1) is 9.26. The van der Waals surface area contributed by atoms with Crippen molar-refractivity contribution in [1.29, 1.82) is 0 Å². The Balaban J connectivity index is 2.12. The molecule has 0 aromatic heterocycles. The minimum absolute atomic E-state index is 0.250. The van der Waals surface area contributed by atoms with Crippen molar-refractivity contribution in [2.45, 2.75) is 19.8 Å². The number of ether oxygens (including phenoxy) is 1. The van der Waals surface area contributed by atoms with Gasteiger partial charge >= 0.3 is 0 Å². The smallest absolute Gasteiger partial charge is 0.190 e. The first kappa shape index (κ1) is 15.3. The van der Waals surface area contributed by atoms with Crippen molar-refractivity contribution in [3.8, 4) is 5.75 Å². The third-order valence-electron chi connectivity index (χ3n) is 2.46. The van der Waals surface area contributed by atoms with Gasteiger partial charge in [0.05, 0.1) is 6.61 Å². The summed E-state index contributed by atoms with van der Waals surface area (Å²) in [5, 5.41) is 6.39. The van der Waals surface area contributed by atoms with Crippen molar-refractivity contribution in [2.75, 3.05) is 26.7 Å². The number of guanidine groups is 1. The second-order valence-electron chi connectivity index (χ2n) is 4.08. The van der Waals surface area contributed by atoms with Gasteiger partial charge in [-0.1, -0.05) is 6.92 Å². The van der Waals surface area contributed by atoms with E-state index >= 15 is 0 Å². The number of nitrogens with zero attached hydrogens (tertiary/aromatic N) is 1. The molecule has 19 heavy (non-hydrogen) atoms. The van der Waals surface area contributed by atoms with Crippen LogP contribution in [0.15, 0.2) is 29.3 Å². The van der Waals surface area contributed by atoms with Crippen LogP contribution in [-0.4, -0.2) is 32.7 Å². The number of nitrogens with one attached hydrogen (secondary N) is 2. The Morgan fingerprint density at radius 2 is 1.89 bits per heavy atom. The van der Waals surface area contributed by atoms with E-state index in [2.05, 4.69) is 22.5 Å². The van der Waals surface area contributed by atoms with Gasteiger partial charge in [-0.05, 0) is 37.1 Å². The summed E-state index contributed by atoms with van der Waals surface area (Å²) in [6.07, 6.45) is 1.92. The van der Waals surface area contributed by atoms with Crippen molar-refractivity contribution in [3.63, 3.8) is 0 Å². The maximum Gasteiger partial charge on any atom is 0.190 e. The average molecular weight is 267 g/mol. The molecule has 1 aromatic rings. The van der Waals surface area contributed by atoms with Crippen LogP contribution in [0.1, 0.15) is 19.8 Å². The van der Waals surface area contributed by atoms with Crippen molar-refractivity contribution in [3.05, 3.63) is 30.1 Å². The number of rotatable bonds is 7. The quantitative estimate of drug-likeness (QED) is 0.452. The molecule has 1 aromatic carbocycles. The molecule has 0 saturated carbocycles. The molecule has 4 nitrogen and oxygen atoms in total. The topological polar surface area (TPSA) is 45.7 Å². The first-order valence-corrected chi connectivity index (χ1v) is 6.59. The standard InChI is InChI=1S/C14H22FN3O/c1-3-9-17-14(16-2)18-10-4-11-19-13-7-5-12(15)6-8-13/h5-8H,3-4,9-11H2,1-2H3,(H2,16,17,18). The summed E-state index contributed by atoms with van der Waals surface area (Å²) < 4.78 is 18.2. The molecule has 0 atom stereocenters. The molecule has 0 unspecified atom stereocenters. The summed E-state index contributed by atoms with van der Waals surface area (Å²) in [7, 11) is 1.75.